The zero-order valence-electron chi connectivity index (χ0n) is 24.6. The lowest BCUT2D eigenvalue weighted by Crippen LogP contribution is -2.52. The number of ether oxygens (including phenoxy) is 1. The molecule has 0 amide bonds. The second-order valence-corrected chi connectivity index (χ2v) is 11.8. The Morgan fingerprint density at radius 2 is 1.95 bits per heavy atom. The number of carboxylic acid groups (broad SMARTS) is 1. The van der Waals surface area contributed by atoms with Crippen LogP contribution in [0.5, 0.6) is 5.75 Å². The van der Waals surface area contributed by atoms with Gasteiger partial charge in [0.05, 0.1) is 17.9 Å². The summed E-state index contributed by atoms with van der Waals surface area (Å²) >= 11 is 0. The molecule has 1 saturated heterocycles. The molecule has 0 bridgehead atoms. The number of aliphatic hydroxyl groups is 1. The van der Waals surface area contributed by atoms with Crippen molar-refractivity contribution in [3.05, 3.63) is 82.7 Å². The van der Waals surface area contributed by atoms with E-state index in [1.807, 2.05) is 37.3 Å². The maximum Gasteiger partial charge on any atom is 0.336 e. The third-order valence-corrected chi connectivity index (χ3v) is 9.09. The summed E-state index contributed by atoms with van der Waals surface area (Å²) in [6, 6.07) is 12.1. The molecular formula is C34H42N4O4. The molecular weight excluding hydrogens is 528 g/mol. The van der Waals surface area contributed by atoms with Gasteiger partial charge in [-0.05, 0) is 81.3 Å². The van der Waals surface area contributed by atoms with Crippen molar-refractivity contribution >= 4 is 23.4 Å². The number of benzene rings is 2. The number of fused-ring (bicyclic) bond motifs is 1. The number of aryl methyl sites for hydroxylation is 1. The predicted octanol–water partition coefficient (Wildman–Crippen LogP) is 5.21. The zero-order chi connectivity index (χ0) is 29.2. The van der Waals surface area contributed by atoms with Gasteiger partial charge in [0.1, 0.15) is 18.1 Å². The Balaban J connectivity index is 1.18. The summed E-state index contributed by atoms with van der Waals surface area (Å²) in [7, 11) is 0. The van der Waals surface area contributed by atoms with Crippen LogP contribution in [0, 0.1) is 5.92 Å². The van der Waals surface area contributed by atoms with Crippen molar-refractivity contribution in [2.45, 2.75) is 58.3 Å². The van der Waals surface area contributed by atoms with E-state index in [4.69, 9.17) is 4.74 Å². The molecule has 2 heterocycles. The summed E-state index contributed by atoms with van der Waals surface area (Å²) in [5.74, 6) is 0.378. The molecule has 2 aliphatic heterocycles. The number of rotatable bonds is 8. The van der Waals surface area contributed by atoms with Gasteiger partial charge in [-0.3, -0.25) is 4.90 Å². The van der Waals surface area contributed by atoms with E-state index in [0.29, 0.717) is 44.3 Å². The van der Waals surface area contributed by atoms with Gasteiger partial charge in [-0.1, -0.05) is 29.9 Å². The van der Waals surface area contributed by atoms with Gasteiger partial charge in [0.2, 0.25) is 0 Å². The number of hydrogen-bond donors (Lipinski definition) is 3. The van der Waals surface area contributed by atoms with Crippen LogP contribution >= 0.6 is 0 Å². The summed E-state index contributed by atoms with van der Waals surface area (Å²) in [5, 5.41) is 25.2. The van der Waals surface area contributed by atoms with Gasteiger partial charge >= 0.3 is 5.97 Å². The maximum atomic E-state index is 12.0. The van der Waals surface area contributed by atoms with Gasteiger partial charge in [0.15, 0.2) is 0 Å². The van der Waals surface area contributed by atoms with Gasteiger partial charge < -0.3 is 30.1 Å². The van der Waals surface area contributed by atoms with Crippen LogP contribution in [0.4, 0.5) is 11.4 Å². The molecule has 0 aromatic heterocycles. The second-order valence-electron chi connectivity index (χ2n) is 11.8. The summed E-state index contributed by atoms with van der Waals surface area (Å²) in [6.45, 7) is 7.60. The number of nitrogens with one attached hydrogen (secondary N) is 1. The highest BCUT2D eigenvalue weighted by Gasteiger charge is 2.37. The number of aliphatic hydroxyl groups excluding tert-OH is 1. The lowest BCUT2D eigenvalue weighted by molar-refractivity contribution is 0.0235. The molecule has 4 aliphatic rings. The first-order valence-corrected chi connectivity index (χ1v) is 15.3. The van der Waals surface area contributed by atoms with Crippen molar-refractivity contribution in [1.82, 2.24) is 10.2 Å². The fourth-order valence-corrected chi connectivity index (χ4v) is 6.72. The van der Waals surface area contributed by atoms with E-state index in [-0.39, 0.29) is 6.17 Å². The van der Waals surface area contributed by atoms with Gasteiger partial charge in [0, 0.05) is 55.7 Å². The highest BCUT2D eigenvalue weighted by molar-refractivity contribution is 5.94. The van der Waals surface area contributed by atoms with E-state index in [1.165, 1.54) is 5.57 Å². The van der Waals surface area contributed by atoms with E-state index in [1.54, 1.807) is 0 Å². The largest absolute Gasteiger partial charge is 0.494 e. The molecule has 3 atom stereocenters. The number of carboxylic acids is 1. The van der Waals surface area contributed by atoms with Crippen molar-refractivity contribution in [1.29, 1.82) is 0 Å². The minimum absolute atomic E-state index is 0.0520. The first kappa shape index (κ1) is 28.4. The number of hydrogen-bond acceptors (Lipinski definition) is 7. The fourth-order valence-electron chi connectivity index (χ4n) is 6.72. The molecule has 2 unspecified atom stereocenters. The number of carbonyl (C=O) groups is 1. The van der Waals surface area contributed by atoms with Crippen molar-refractivity contribution < 1.29 is 19.7 Å². The van der Waals surface area contributed by atoms with Crippen LogP contribution in [-0.2, 0) is 6.42 Å². The molecule has 8 heteroatoms. The predicted molar refractivity (Wildman–Crippen MR) is 167 cm³/mol. The Morgan fingerprint density at radius 3 is 2.69 bits per heavy atom. The van der Waals surface area contributed by atoms with E-state index in [0.717, 1.165) is 66.1 Å². The normalized spacial score (nSPS) is 23.1. The minimum atomic E-state index is -0.887. The fraction of sp³-hybridized carbons (Fsp3) is 0.441. The number of allylic oxidation sites excluding steroid dienone is 3. The van der Waals surface area contributed by atoms with Crippen LogP contribution < -0.4 is 19.9 Å². The van der Waals surface area contributed by atoms with E-state index in [9.17, 15) is 15.0 Å². The van der Waals surface area contributed by atoms with Crippen molar-refractivity contribution in [2.75, 3.05) is 42.6 Å². The summed E-state index contributed by atoms with van der Waals surface area (Å²) in [5.41, 5.74) is 6.57. The van der Waals surface area contributed by atoms with E-state index >= 15 is 0 Å². The molecule has 2 aliphatic carbocycles. The molecule has 2 aromatic rings. The highest BCUT2D eigenvalue weighted by atomic mass is 16.5. The van der Waals surface area contributed by atoms with Gasteiger partial charge in [-0.2, -0.15) is 0 Å². The molecule has 1 fully saturated rings. The van der Waals surface area contributed by atoms with E-state index in [2.05, 4.69) is 57.4 Å². The Morgan fingerprint density at radius 1 is 1.12 bits per heavy atom. The zero-order valence-corrected chi connectivity index (χ0v) is 24.6. The Hall–Kier alpha value is -3.75. The van der Waals surface area contributed by atoms with Crippen LogP contribution in [0.25, 0.3) is 6.08 Å². The number of piperazine rings is 1. The smallest absolute Gasteiger partial charge is 0.336 e. The Bertz CT molecular complexity index is 1410. The Labute approximate surface area is 248 Å². The third kappa shape index (κ3) is 5.78. The van der Waals surface area contributed by atoms with Crippen LogP contribution in [0.2, 0.25) is 0 Å². The minimum Gasteiger partial charge on any atom is -0.494 e. The summed E-state index contributed by atoms with van der Waals surface area (Å²) in [6.07, 6.45) is 12.7. The maximum absolute atomic E-state index is 12.0. The molecule has 0 radical (unpaired) electrons. The molecule has 8 nitrogen and oxygen atoms in total. The number of aromatic carboxylic acids is 1. The lowest BCUT2D eigenvalue weighted by Gasteiger charge is -2.39. The average molecular weight is 571 g/mol. The quantitative estimate of drug-likeness (QED) is 0.373. The van der Waals surface area contributed by atoms with Crippen molar-refractivity contribution in [3.63, 3.8) is 0 Å². The topological polar surface area (TPSA) is 88.5 Å². The van der Waals surface area contributed by atoms with Gasteiger partial charge in [-0.15, -0.1) is 0 Å². The Kier molecular flexibility index (Phi) is 8.27. The van der Waals surface area contributed by atoms with Crippen LogP contribution in [-0.4, -0.2) is 66.3 Å². The summed E-state index contributed by atoms with van der Waals surface area (Å²) < 4.78 is 5.79. The van der Waals surface area contributed by atoms with E-state index < -0.39 is 12.2 Å². The molecule has 0 saturated carbocycles. The molecule has 6 rings (SSSR count). The van der Waals surface area contributed by atoms with Crippen LogP contribution in [0.1, 0.15) is 61.0 Å². The van der Waals surface area contributed by atoms with Crippen molar-refractivity contribution in [2.24, 2.45) is 5.92 Å². The second kappa shape index (κ2) is 12.2. The SMILES string of the molecule is CCOc1cccc(N2C=C([C@H](O)N3CCN(c4cc5c(c(C(=O)O)c4)C=CCC5)CC3)NC2C2CC=C(C)CC2)c1. The monoisotopic (exact) mass is 570 g/mol. The first-order valence-electron chi connectivity index (χ1n) is 15.3. The van der Waals surface area contributed by atoms with Crippen LogP contribution in [0.3, 0.4) is 0 Å². The van der Waals surface area contributed by atoms with Gasteiger partial charge in [-0.25, -0.2) is 4.79 Å². The molecule has 3 N–H and O–H groups in total. The average Bonchev–Trinajstić information content (AvgIpc) is 3.46. The van der Waals surface area contributed by atoms with Gasteiger partial charge in [0.25, 0.3) is 0 Å². The highest BCUT2D eigenvalue weighted by Crippen LogP contribution is 2.36. The molecule has 42 heavy (non-hydrogen) atoms. The molecule has 0 spiro atoms. The number of anilines is 2. The van der Waals surface area contributed by atoms with Crippen molar-refractivity contribution in [3.8, 4) is 5.75 Å². The lowest BCUT2D eigenvalue weighted by atomic mass is 9.87. The standard InChI is InChI=1S/C34H42N4O4/c1-3-42-28-9-6-8-26(20-28)38-22-31(35-32(38)24-13-11-23(2)12-14-24)33(39)37-17-15-36(16-18-37)27-19-25-7-4-5-10-29(25)30(21-27)34(40)41/h5-6,8-11,19-22,24,32-33,35,39H,3-4,7,12-18H2,1-2H3,(H,40,41)/t24?,32?,33-/m0/s1. The third-order valence-electron chi connectivity index (χ3n) is 9.09. The molecule has 2 aromatic carbocycles. The number of nitrogens with zero attached hydrogens (tertiary/aromatic N) is 3. The molecule has 222 valence electrons. The van der Waals surface area contributed by atoms with Crippen LogP contribution in [0.15, 0.2) is 66.0 Å². The summed E-state index contributed by atoms with van der Waals surface area (Å²) in [4.78, 5) is 18.6. The first-order chi connectivity index (χ1) is 20.4.